The van der Waals surface area contributed by atoms with Gasteiger partial charge in [0, 0.05) is 29.6 Å². The molecule has 1 unspecified atom stereocenters. The number of carbonyl (C=O) groups is 1. The molecule has 1 fully saturated rings. The number of imidazole rings is 1. The molecule has 2 N–H and O–H groups in total. The second-order valence-corrected chi connectivity index (χ2v) is 8.33. The Balaban J connectivity index is 1.54. The number of hydrogen-bond donors (Lipinski definition) is 2. The van der Waals surface area contributed by atoms with Crippen molar-refractivity contribution >= 4 is 17.5 Å². The number of H-pyrrole nitrogens is 1. The summed E-state index contributed by atoms with van der Waals surface area (Å²) in [7, 11) is 0. The Hall–Kier alpha value is -3.14. The first-order chi connectivity index (χ1) is 15.0. The van der Waals surface area contributed by atoms with Crippen molar-refractivity contribution in [1.82, 2.24) is 20.2 Å². The van der Waals surface area contributed by atoms with E-state index >= 15 is 0 Å². The number of nitriles is 1. The highest BCUT2D eigenvalue weighted by molar-refractivity contribution is 6.30. The third-order valence-electron chi connectivity index (χ3n) is 5.57. The maximum Gasteiger partial charge on any atom is 0.254 e. The second kappa shape index (κ2) is 9.34. The van der Waals surface area contributed by atoms with Gasteiger partial charge in [0.1, 0.15) is 5.82 Å². The van der Waals surface area contributed by atoms with Crippen molar-refractivity contribution in [1.29, 1.82) is 5.26 Å². The minimum absolute atomic E-state index is 0.0438. The predicted octanol–water partition coefficient (Wildman–Crippen LogP) is 3.84. The molecule has 1 aromatic heterocycles. The highest BCUT2D eigenvalue weighted by Crippen LogP contribution is 2.20. The normalized spacial score (nSPS) is 15.6. The number of nitrogens with one attached hydrogen (secondary N) is 2. The Morgan fingerprint density at radius 1 is 1.32 bits per heavy atom. The van der Waals surface area contributed by atoms with Crippen molar-refractivity contribution in [2.24, 2.45) is 0 Å². The number of aromatic amines is 1. The molecule has 2 aromatic carbocycles. The molecule has 1 aliphatic rings. The predicted molar refractivity (Wildman–Crippen MR) is 120 cm³/mol. The number of aromatic nitrogens is 2. The molecular weight excluding hydrogens is 410 g/mol. The van der Waals surface area contributed by atoms with Crippen LogP contribution in [0.5, 0.6) is 0 Å². The zero-order valence-electron chi connectivity index (χ0n) is 17.4. The molecule has 1 saturated heterocycles. The summed E-state index contributed by atoms with van der Waals surface area (Å²) in [5, 5.41) is 13.3. The maximum atomic E-state index is 13.3. The van der Waals surface area contributed by atoms with E-state index in [1.165, 1.54) is 0 Å². The number of nitrogens with zero attached hydrogens (tertiary/aromatic N) is 3. The first-order valence-electron chi connectivity index (χ1n) is 10.3. The van der Waals surface area contributed by atoms with Gasteiger partial charge in [-0.15, -0.1) is 0 Å². The molecule has 0 spiro atoms. The molecule has 31 heavy (non-hydrogen) atoms. The van der Waals surface area contributed by atoms with Gasteiger partial charge in [-0.25, -0.2) is 4.98 Å². The quantitative estimate of drug-likeness (QED) is 0.618. The molecule has 158 valence electrons. The Bertz CT molecular complexity index is 1130. The van der Waals surface area contributed by atoms with E-state index < -0.39 is 0 Å². The molecule has 3 aromatic rings. The van der Waals surface area contributed by atoms with Crippen LogP contribution in [0.25, 0.3) is 0 Å². The van der Waals surface area contributed by atoms with Crippen molar-refractivity contribution in [2.45, 2.75) is 32.4 Å². The van der Waals surface area contributed by atoms with E-state index in [1.807, 2.05) is 30.0 Å². The largest absolute Gasteiger partial charge is 0.344 e. The van der Waals surface area contributed by atoms with Crippen LogP contribution in [0.4, 0.5) is 0 Å². The Kier molecular flexibility index (Phi) is 6.36. The van der Waals surface area contributed by atoms with Crippen LogP contribution in [0.1, 0.15) is 45.0 Å². The van der Waals surface area contributed by atoms with Gasteiger partial charge in [0.05, 0.1) is 30.1 Å². The van der Waals surface area contributed by atoms with Gasteiger partial charge in [0.15, 0.2) is 0 Å². The highest BCUT2D eigenvalue weighted by atomic mass is 35.5. The number of amides is 1. The van der Waals surface area contributed by atoms with Crippen LogP contribution in [-0.4, -0.2) is 39.9 Å². The van der Waals surface area contributed by atoms with Crippen molar-refractivity contribution in [3.05, 3.63) is 87.5 Å². The van der Waals surface area contributed by atoms with Crippen molar-refractivity contribution in [3.8, 4) is 6.07 Å². The van der Waals surface area contributed by atoms with Gasteiger partial charge in [0.25, 0.3) is 5.91 Å². The molecule has 4 rings (SSSR count). The second-order valence-electron chi connectivity index (χ2n) is 7.89. The molecule has 0 radical (unpaired) electrons. The monoisotopic (exact) mass is 433 g/mol. The van der Waals surface area contributed by atoms with Crippen LogP contribution in [0.15, 0.2) is 48.7 Å². The van der Waals surface area contributed by atoms with Gasteiger partial charge < -0.3 is 15.2 Å². The summed E-state index contributed by atoms with van der Waals surface area (Å²) < 4.78 is 0. The maximum absolute atomic E-state index is 13.3. The molecule has 0 saturated carbocycles. The SMILES string of the molecule is Cc1ccc(Cc2ncc(CN(C(=O)c3cccc(Cl)c3)C3CCNC3)[nH]2)c(C#N)c1. The Labute approximate surface area is 186 Å². The summed E-state index contributed by atoms with van der Waals surface area (Å²) in [6.45, 7) is 4.06. The van der Waals surface area contributed by atoms with Crippen LogP contribution in [0, 0.1) is 18.3 Å². The number of rotatable bonds is 6. The zero-order valence-corrected chi connectivity index (χ0v) is 18.1. The summed E-state index contributed by atoms with van der Waals surface area (Å²) in [6, 6.07) is 15.3. The van der Waals surface area contributed by atoms with Gasteiger partial charge in [-0.2, -0.15) is 5.26 Å². The van der Waals surface area contributed by atoms with Gasteiger partial charge in [-0.05, 0) is 55.3 Å². The molecular formula is C24H24ClN5O. The lowest BCUT2D eigenvalue weighted by Crippen LogP contribution is -2.41. The van der Waals surface area contributed by atoms with Crippen LogP contribution < -0.4 is 5.32 Å². The van der Waals surface area contributed by atoms with Crippen LogP contribution >= 0.6 is 11.6 Å². The van der Waals surface area contributed by atoms with Gasteiger partial charge in [-0.1, -0.05) is 29.8 Å². The lowest BCUT2D eigenvalue weighted by Gasteiger charge is -2.28. The molecule has 1 amide bonds. The fraction of sp³-hybridized carbons (Fsp3) is 0.292. The topological polar surface area (TPSA) is 84.8 Å². The Morgan fingerprint density at radius 2 is 2.19 bits per heavy atom. The van der Waals surface area contributed by atoms with E-state index in [1.54, 1.807) is 30.5 Å². The summed E-state index contributed by atoms with van der Waals surface area (Å²) in [5.74, 6) is 0.729. The van der Waals surface area contributed by atoms with E-state index in [4.69, 9.17) is 11.6 Å². The lowest BCUT2D eigenvalue weighted by molar-refractivity contribution is 0.0673. The number of aryl methyl sites for hydroxylation is 1. The van der Waals surface area contributed by atoms with Gasteiger partial charge >= 0.3 is 0 Å². The first kappa shape index (κ1) is 21.1. The number of hydrogen-bond acceptors (Lipinski definition) is 4. The fourth-order valence-electron chi connectivity index (χ4n) is 3.95. The first-order valence-corrected chi connectivity index (χ1v) is 10.7. The van der Waals surface area contributed by atoms with Crippen LogP contribution in [-0.2, 0) is 13.0 Å². The minimum atomic E-state index is -0.0438. The summed E-state index contributed by atoms with van der Waals surface area (Å²) in [4.78, 5) is 23.0. The molecule has 6 nitrogen and oxygen atoms in total. The summed E-state index contributed by atoms with van der Waals surface area (Å²) in [6.07, 6.45) is 3.22. The van der Waals surface area contributed by atoms with Crippen LogP contribution in [0.3, 0.4) is 0 Å². The van der Waals surface area contributed by atoms with Crippen molar-refractivity contribution in [3.63, 3.8) is 0 Å². The molecule has 7 heteroatoms. The third kappa shape index (κ3) is 4.96. The highest BCUT2D eigenvalue weighted by Gasteiger charge is 2.28. The number of benzene rings is 2. The van der Waals surface area contributed by atoms with E-state index in [0.717, 1.165) is 42.2 Å². The minimum Gasteiger partial charge on any atom is -0.344 e. The summed E-state index contributed by atoms with van der Waals surface area (Å²) >= 11 is 6.11. The summed E-state index contributed by atoms with van der Waals surface area (Å²) in [5.41, 5.74) is 4.09. The zero-order chi connectivity index (χ0) is 21.8. The molecule has 1 aliphatic heterocycles. The molecule has 1 atom stereocenters. The molecule has 2 heterocycles. The smallest absolute Gasteiger partial charge is 0.254 e. The fourth-order valence-corrected chi connectivity index (χ4v) is 4.14. The van der Waals surface area contributed by atoms with E-state index in [9.17, 15) is 10.1 Å². The van der Waals surface area contributed by atoms with E-state index in [2.05, 4.69) is 21.4 Å². The average molecular weight is 434 g/mol. The van der Waals surface area contributed by atoms with Crippen LogP contribution in [0.2, 0.25) is 5.02 Å². The van der Waals surface area contributed by atoms with Gasteiger partial charge in [0.2, 0.25) is 0 Å². The van der Waals surface area contributed by atoms with E-state index in [-0.39, 0.29) is 11.9 Å². The van der Waals surface area contributed by atoms with E-state index in [0.29, 0.717) is 29.1 Å². The van der Waals surface area contributed by atoms with Crippen molar-refractivity contribution in [2.75, 3.05) is 13.1 Å². The lowest BCUT2D eigenvalue weighted by atomic mass is 10.0. The third-order valence-corrected chi connectivity index (χ3v) is 5.81. The molecule has 0 bridgehead atoms. The number of carbonyl (C=O) groups excluding carboxylic acids is 1. The average Bonchev–Trinajstić information content (AvgIpc) is 3.45. The number of halogens is 1. The molecule has 0 aliphatic carbocycles. The Morgan fingerprint density at radius 3 is 2.94 bits per heavy atom. The van der Waals surface area contributed by atoms with Gasteiger partial charge in [-0.3, -0.25) is 4.79 Å². The van der Waals surface area contributed by atoms with Crippen molar-refractivity contribution < 1.29 is 4.79 Å². The standard InChI is InChI=1S/C24H24ClN5O/c1-16-5-6-17(19(9-16)12-26)11-23-28-13-21(29-23)15-30(22-7-8-27-14-22)24(31)18-3-2-4-20(25)10-18/h2-6,9-10,13,22,27H,7-8,11,14-15H2,1H3,(H,28,29).